The maximum atomic E-state index is 13.6. The Morgan fingerprint density at radius 1 is 0.929 bits per heavy atom. The van der Waals surface area contributed by atoms with Crippen LogP contribution in [0.15, 0.2) is 85.1 Å². The Morgan fingerprint density at radius 2 is 1.71 bits per heavy atom. The number of nitrogens with one attached hydrogen (secondary N) is 3. The minimum absolute atomic E-state index is 0.0345. The molecule has 0 aliphatic carbocycles. The number of piperidine rings is 1. The molecule has 0 radical (unpaired) electrons. The van der Waals surface area contributed by atoms with Crippen LogP contribution in [-0.2, 0) is 37.0 Å². The number of fused-ring (bicyclic) bond motifs is 1. The number of aromatic amines is 1. The first-order valence-electron chi connectivity index (χ1n) is 15.3. The zero-order valence-corrected chi connectivity index (χ0v) is 24.4. The molecule has 7 heteroatoms. The number of H-pyrrole nitrogens is 1. The normalized spacial score (nSPS) is 16.0. The molecule has 7 nitrogen and oxygen atoms in total. The molecule has 1 amide bonds. The van der Waals surface area contributed by atoms with Gasteiger partial charge in [0.05, 0.1) is 18.6 Å². The Balaban J connectivity index is 1.36. The van der Waals surface area contributed by atoms with Gasteiger partial charge in [0.2, 0.25) is 5.91 Å². The highest BCUT2D eigenvalue weighted by Crippen LogP contribution is 2.26. The molecule has 1 saturated heterocycles. The molecule has 6 rings (SSSR count). The fourth-order valence-corrected chi connectivity index (χ4v) is 6.00. The van der Waals surface area contributed by atoms with Gasteiger partial charge in [-0.1, -0.05) is 86.1 Å². The van der Waals surface area contributed by atoms with Gasteiger partial charge >= 0.3 is 0 Å². The number of hydrogen-bond acceptors (Lipinski definition) is 4. The molecule has 2 aromatic heterocycles. The van der Waals surface area contributed by atoms with E-state index in [1.807, 2.05) is 12.1 Å². The first kappa shape index (κ1) is 27.9. The molecule has 0 saturated carbocycles. The second-order valence-corrected chi connectivity index (χ2v) is 11.3. The fraction of sp³-hybridized carbons (Fsp3) is 0.343. The summed E-state index contributed by atoms with van der Waals surface area (Å²) >= 11 is 0. The van der Waals surface area contributed by atoms with Crippen molar-refractivity contribution in [3.63, 3.8) is 0 Å². The summed E-state index contributed by atoms with van der Waals surface area (Å²) in [5.41, 5.74) is 6.03. The zero-order valence-electron chi connectivity index (χ0n) is 24.4. The number of carbonyl (C=O) groups is 1. The third kappa shape index (κ3) is 6.47. The lowest BCUT2D eigenvalue weighted by Gasteiger charge is -2.26. The Morgan fingerprint density at radius 3 is 2.50 bits per heavy atom. The molecule has 2 atom stereocenters. The van der Waals surface area contributed by atoms with E-state index in [1.165, 1.54) is 16.7 Å². The minimum Gasteiger partial charge on any atom is -0.361 e. The summed E-state index contributed by atoms with van der Waals surface area (Å²) in [6.07, 6.45) is 8.35. The predicted molar refractivity (Wildman–Crippen MR) is 167 cm³/mol. The van der Waals surface area contributed by atoms with Crippen LogP contribution in [0.2, 0.25) is 0 Å². The van der Waals surface area contributed by atoms with Crippen LogP contribution in [0.1, 0.15) is 66.1 Å². The quantitative estimate of drug-likeness (QED) is 0.194. The van der Waals surface area contributed by atoms with Crippen LogP contribution in [0.5, 0.6) is 0 Å². The number of carbonyl (C=O) groups excluding carboxylic acids is 1. The number of para-hydroxylation sites is 1. The van der Waals surface area contributed by atoms with Crippen molar-refractivity contribution >= 4 is 16.8 Å². The summed E-state index contributed by atoms with van der Waals surface area (Å²) in [4.78, 5) is 17.0. The molecule has 1 aliphatic heterocycles. The maximum Gasteiger partial charge on any atom is 0.237 e. The van der Waals surface area contributed by atoms with Crippen LogP contribution in [0.4, 0.5) is 0 Å². The second kappa shape index (κ2) is 13.2. The minimum atomic E-state index is -0.326. The summed E-state index contributed by atoms with van der Waals surface area (Å²) in [5.74, 6) is 1.77. The van der Waals surface area contributed by atoms with Crippen molar-refractivity contribution in [2.75, 3.05) is 6.54 Å². The highest BCUT2D eigenvalue weighted by molar-refractivity contribution is 5.84. The fourth-order valence-electron chi connectivity index (χ4n) is 6.00. The summed E-state index contributed by atoms with van der Waals surface area (Å²) in [5, 5.41) is 17.5. The van der Waals surface area contributed by atoms with Gasteiger partial charge in [-0.05, 0) is 60.5 Å². The first-order valence-corrected chi connectivity index (χ1v) is 15.3. The molecule has 0 bridgehead atoms. The standard InChI is InChI=1S/C35H40N6O/c1-2-25-15-17-27(18-16-25)24-41-33(20-19-26-10-4-3-5-11-26)39-40-34(41)32(38-35(42)31-14-8-9-21-36-31)22-28-23-37-30-13-7-6-12-29(28)30/h3-7,10-13,15-18,23,31-32,36-37H,2,8-9,14,19-22,24H2,1H3,(H,38,42)/t31-,32+/m0/s1. The number of rotatable bonds is 11. The van der Waals surface area contributed by atoms with Crippen LogP contribution >= 0.6 is 0 Å². The van der Waals surface area contributed by atoms with Crippen molar-refractivity contribution in [2.45, 2.75) is 70.5 Å². The van der Waals surface area contributed by atoms with Crippen molar-refractivity contribution < 1.29 is 4.79 Å². The molecule has 42 heavy (non-hydrogen) atoms. The molecule has 1 aliphatic rings. The van der Waals surface area contributed by atoms with Gasteiger partial charge < -0.3 is 20.2 Å². The van der Waals surface area contributed by atoms with Crippen molar-refractivity contribution in [1.82, 2.24) is 30.4 Å². The molecule has 1 fully saturated rings. The van der Waals surface area contributed by atoms with E-state index in [2.05, 4.69) is 100 Å². The number of benzene rings is 3. The van der Waals surface area contributed by atoms with Crippen LogP contribution in [0.25, 0.3) is 10.9 Å². The molecular weight excluding hydrogens is 520 g/mol. The molecular formula is C35H40N6O. The van der Waals surface area contributed by atoms with E-state index in [0.717, 1.165) is 73.2 Å². The Hall–Kier alpha value is -4.23. The Labute approximate surface area is 247 Å². The van der Waals surface area contributed by atoms with Gasteiger partial charge in [-0.2, -0.15) is 0 Å². The van der Waals surface area contributed by atoms with Crippen LogP contribution < -0.4 is 10.6 Å². The Kier molecular flexibility index (Phi) is 8.75. The highest BCUT2D eigenvalue weighted by Gasteiger charge is 2.28. The van der Waals surface area contributed by atoms with E-state index in [-0.39, 0.29) is 18.0 Å². The average Bonchev–Trinajstić information content (AvgIpc) is 3.64. The lowest BCUT2D eigenvalue weighted by atomic mass is 10.0. The summed E-state index contributed by atoms with van der Waals surface area (Å²) in [7, 11) is 0. The topological polar surface area (TPSA) is 87.6 Å². The van der Waals surface area contributed by atoms with E-state index in [4.69, 9.17) is 10.2 Å². The third-order valence-corrected chi connectivity index (χ3v) is 8.46. The number of hydrogen-bond donors (Lipinski definition) is 3. The van der Waals surface area contributed by atoms with Gasteiger partial charge in [0, 0.05) is 29.9 Å². The van der Waals surface area contributed by atoms with Crippen molar-refractivity contribution in [3.05, 3.63) is 119 Å². The molecule has 3 aromatic carbocycles. The molecule has 216 valence electrons. The molecule has 5 aromatic rings. The highest BCUT2D eigenvalue weighted by atomic mass is 16.2. The van der Waals surface area contributed by atoms with Gasteiger partial charge in [0.15, 0.2) is 5.82 Å². The maximum absolute atomic E-state index is 13.6. The van der Waals surface area contributed by atoms with Crippen molar-refractivity contribution in [2.24, 2.45) is 0 Å². The third-order valence-electron chi connectivity index (χ3n) is 8.46. The van der Waals surface area contributed by atoms with E-state index in [9.17, 15) is 4.79 Å². The van der Waals surface area contributed by atoms with E-state index < -0.39 is 0 Å². The Bertz CT molecular complexity index is 1600. The van der Waals surface area contributed by atoms with Crippen LogP contribution in [0, 0.1) is 0 Å². The monoisotopic (exact) mass is 560 g/mol. The first-order chi connectivity index (χ1) is 20.7. The van der Waals surface area contributed by atoms with Gasteiger partial charge in [-0.25, -0.2) is 0 Å². The molecule has 3 N–H and O–H groups in total. The molecule has 3 heterocycles. The molecule has 0 spiro atoms. The number of nitrogens with zero attached hydrogens (tertiary/aromatic N) is 3. The summed E-state index contributed by atoms with van der Waals surface area (Å²) in [6.45, 7) is 3.70. The summed E-state index contributed by atoms with van der Waals surface area (Å²) in [6, 6.07) is 27.1. The van der Waals surface area contributed by atoms with E-state index >= 15 is 0 Å². The van der Waals surface area contributed by atoms with Gasteiger partial charge in [-0.3, -0.25) is 4.79 Å². The van der Waals surface area contributed by atoms with Gasteiger partial charge in [0.25, 0.3) is 0 Å². The average molecular weight is 561 g/mol. The number of aryl methyl sites for hydroxylation is 3. The molecule has 0 unspecified atom stereocenters. The van der Waals surface area contributed by atoms with E-state index in [1.54, 1.807) is 0 Å². The SMILES string of the molecule is CCc1ccc(Cn2c(CCc3ccccc3)nnc2[C@@H](Cc2c[nH]c3ccccc23)NC(=O)[C@@H]2CCCCN2)cc1. The zero-order chi connectivity index (χ0) is 28.7. The van der Waals surface area contributed by atoms with Gasteiger partial charge in [-0.15, -0.1) is 10.2 Å². The van der Waals surface area contributed by atoms with Gasteiger partial charge in [0.1, 0.15) is 5.82 Å². The summed E-state index contributed by atoms with van der Waals surface area (Å²) < 4.78 is 2.23. The number of amides is 1. The van der Waals surface area contributed by atoms with Crippen molar-refractivity contribution in [3.8, 4) is 0 Å². The smallest absolute Gasteiger partial charge is 0.237 e. The predicted octanol–water partition coefficient (Wildman–Crippen LogP) is 5.70. The van der Waals surface area contributed by atoms with E-state index in [0.29, 0.717) is 13.0 Å². The number of aromatic nitrogens is 4. The lowest BCUT2D eigenvalue weighted by Crippen LogP contribution is -2.48. The lowest BCUT2D eigenvalue weighted by molar-refractivity contribution is -0.124. The second-order valence-electron chi connectivity index (χ2n) is 11.3. The van der Waals surface area contributed by atoms with Crippen molar-refractivity contribution in [1.29, 1.82) is 0 Å². The largest absolute Gasteiger partial charge is 0.361 e. The van der Waals surface area contributed by atoms with Crippen LogP contribution in [0.3, 0.4) is 0 Å². The van der Waals surface area contributed by atoms with Crippen LogP contribution in [-0.4, -0.2) is 38.2 Å².